The number of nitrogen functional groups attached to an aromatic ring is 1. The van der Waals surface area contributed by atoms with Gasteiger partial charge in [-0.05, 0) is 42.0 Å². The Hall–Kier alpha value is -1.27. The van der Waals surface area contributed by atoms with Crippen molar-refractivity contribution in [2.45, 2.75) is 32.6 Å². The van der Waals surface area contributed by atoms with E-state index in [1.54, 1.807) is 12.1 Å². The van der Waals surface area contributed by atoms with E-state index in [2.05, 4.69) is 37.7 Å². The number of benzene rings is 1. The number of rotatable bonds is 5. The number of sulfonamides is 1. The minimum absolute atomic E-state index is 0.196. The highest BCUT2D eigenvalue weighted by atomic mass is 32.2. The normalized spacial score (nSPS) is 20.2. The van der Waals surface area contributed by atoms with Gasteiger partial charge in [0, 0.05) is 12.2 Å². The number of hydrogen-bond acceptors (Lipinski definition) is 4. The molecule has 1 aliphatic carbocycles. The molecule has 1 aliphatic rings. The maximum atomic E-state index is 12.1. The molecule has 0 atom stereocenters. The van der Waals surface area contributed by atoms with E-state index in [1.807, 2.05) is 0 Å². The Labute approximate surface area is 127 Å². The van der Waals surface area contributed by atoms with Gasteiger partial charge >= 0.3 is 0 Å². The summed E-state index contributed by atoms with van der Waals surface area (Å²) in [5.41, 5.74) is 7.26. The van der Waals surface area contributed by atoms with Crippen LogP contribution in [0.25, 0.3) is 0 Å². The van der Waals surface area contributed by atoms with Gasteiger partial charge in [-0.25, -0.2) is 13.1 Å². The van der Waals surface area contributed by atoms with Gasteiger partial charge in [0.15, 0.2) is 0 Å². The molecular formula is C15H25N3O2S. The van der Waals surface area contributed by atoms with Crippen molar-refractivity contribution in [3.63, 3.8) is 0 Å². The zero-order valence-electron chi connectivity index (χ0n) is 13.3. The van der Waals surface area contributed by atoms with E-state index in [9.17, 15) is 8.42 Å². The average molecular weight is 311 g/mol. The van der Waals surface area contributed by atoms with Crippen LogP contribution in [0, 0.1) is 16.7 Å². The third-order valence-electron chi connectivity index (χ3n) is 5.38. The van der Waals surface area contributed by atoms with Crippen LogP contribution in [-0.2, 0) is 10.0 Å². The molecule has 6 heteroatoms. The van der Waals surface area contributed by atoms with Crippen LogP contribution in [0.5, 0.6) is 0 Å². The second kappa shape index (κ2) is 4.88. The molecule has 0 aromatic heterocycles. The Morgan fingerprint density at radius 3 is 2.24 bits per heavy atom. The van der Waals surface area contributed by atoms with Crippen molar-refractivity contribution < 1.29 is 8.42 Å². The maximum Gasteiger partial charge on any atom is 0.242 e. The first-order valence-corrected chi connectivity index (χ1v) is 8.59. The maximum absolute atomic E-state index is 12.1. The fourth-order valence-corrected chi connectivity index (χ4v) is 4.01. The molecule has 0 spiro atoms. The van der Waals surface area contributed by atoms with Crippen LogP contribution < -0.4 is 15.8 Å². The first-order chi connectivity index (χ1) is 9.54. The molecule has 21 heavy (non-hydrogen) atoms. The third-order valence-corrected chi connectivity index (χ3v) is 6.83. The Kier molecular flexibility index (Phi) is 3.74. The zero-order valence-corrected chi connectivity index (χ0v) is 14.1. The van der Waals surface area contributed by atoms with Gasteiger partial charge in [-0.1, -0.05) is 27.7 Å². The minimum Gasteiger partial charge on any atom is -0.399 e. The van der Waals surface area contributed by atoms with Crippen molar-refractivity contribution in [2.24, 2.45) is 16.7 Å². The minimum atomic E-state index is -3.53. The van der Waals surface area contributed by atoms with Crippen LogP contribution in [0.4, 0.5) is 11.4 Å². The summed E-state index contributed by atoms with van der Waals surface area (Å²) in [7, 11) is -2.13. The van der Waals surface area contributed by atoms with Gasteiger partial charge in [0.25, 0.3) is 0 Å². The second-order valence-electron chi connectivity index (χ2n) is 6.84. The summed E-state index contributed by atoms with van der Waals surface area (Å²) in [4.78, 5) is 0.196. The lowest BCUT2D eigenvalue weighted by Gasteiger charge is -2.13. The summed E-state index contributed by atoms with van der Waals surface area (Å²) in [5.74, 6) is 0.507. The standard InChI is InChI=1S/C15H25N3O2S/c1-14(2)13(15(14,3)4)9-18-11-7-6-10(16)8-12(11)21(19,20)17-5/h6-8,13,17-18H,9,16H2,1-5H3. The van der Waals surface area contributed by atoms with Crippen LogP contribution in [0.15, 0.2) is 23.1 Å². The van der Waals surface area contributed by atoms with Crippen LogP contribution in [0.2, 0.25) is 0 Å². The van der Waals surface area contributed by atoms with E-state index in [0.717, 1.165) is 6.54 Å². The lowest BCUT2D eigenvalue weighted by atomic mass is 10.0. The molecule has 1 saturated carbocycles. The van der Waals surface area contributed by atoms with Crippen LogP contribution >= 0.6 is 0 Å². The van der Waals surface area contributed by atoms with Crippen molar-refractivity contribution in [1.82, 2.24) is 4.72 Å². The molecule has 1 aromatic carbocycles. The molecule has 1 fully saturated rings. The van der Waals surface area contributed by atoms with Gasteiger partial charge in [-0.3, -0.25) is 0 Å². The van der Waals surface area contributed by atoms with E-state index < -0.39 is 10.0 Å². The van der Waals surface area contributed by atoms with Crippen molar-refractivity contribution in [2.75, 3.05) is 24.6 Å². The monoisotopic (exact) mass is 311 g/mol. The van der Waals surface area contributed by atoms with Crippen LogP contribution in [0.3, 0.4) is 0 Å². The van der Waals surface area contributed by atoms with Crippen molar-refractivity contribution in [3.05, 3.63) is 18.2 Å². The van der Waals surface area contributed by atoms with E-state index in [1.165, 1.54) is 13.1 Å². The van der Waals surface area contributed by atoms with Gasteiger partial charge in [-0.2, -0.15) is 0 Å². The summed E-state index contributed by atoms with van der Waals surface area (Å²) in [6.07, 6.45) is 0. The first kappa shape index (κ1) is 16.1. The number of nitrogens with one attached hydrogen (secondary N) is 2. The Morgan fingerprint density at radius 1 is 1.19 bits per heavy atom. The quantitative estimate of drug-likeness (QED) is 0.728. The zero-order chi connectivity index (χ0) is 16.1. The predicted molar refractivity (Wildman–Crippen MR) is 86.6 cm³/mol. The van der Waals surface area contributed by atoms with Crippen LogP contribution in [-0.4, -0.2) is 22.0 Å². The predicted octanol–water partition coefficient (Wildman–Crippen LogP) is 2.27. The van der Waals surface area contributed by atoms with Gasteiger partial charge in [-0.15, -0.1) is 0 Å². The molecule has 0 unspecified atom stereocenters. The lowest BCUT2D eigenvalue weighted by Crippen LogP contribution is -2.21. The van der Waals surface area contributed by atoms with E-state index in [-0.39, 0.29) is 15.7 Å². The van der Waals surface area contributed by atoms with Crippen molar-refractivity contribution >= 4 is 21.4 Å². The summed E-state index contributed by atoms with van der Waals surface area (Å²) in [6.45, 7) is 9.72. The number of anilines is 2. The van der Waals surface area contributed by atoms with E-state index in [0.29, 0.717) is 17.3 Å². The molecule has 0 saturated heterocycles. The Morgan fingerprint density at radius 2 is 1.76 bits per heavy atom. The van der Waals surface area contributed by atoms with Gasteiger partial charge in [0.2, 0.25) is 10.0 Å². The fraction of sp³-hybridized carbons (Fsp3) is 0.600. The van der Waals surface area contributed by atoms with E-state index >= 15 is 0 Å². The molecular weight excluding hydrogens is 286 g/mol. The molecule has 118 valence electrons. The summed E-state index contributed by atoms with van der Waals surface area (Å²) < 4.78 is 26.5. The Balaban J connectivity index is 2.23. The SMILES string of the molecule is CNS(=O)(=O)c1cc(N)ccc1NCC1C(C)(C)C1(C)C. The van der Waals surface area contributed by atoms with Gasteiger partial charge in [0.1, 0.15) is 4.90 Å². The molecule has 0 heterocycles. The van der Waals surface area contributed by atoms with Gasteiger partial charge < -0.3 is 11.1 Å². The highest BCUT2D eigenvalue weighted by Crippen LogP contribution is 2.68. The topological polar surface area (TPSA) is 84.2 Å². The molecule has 0 bridgehead atoms. The largest absolute Gasteiger partial charge is 0.399 e. The highest BCUT2D eigenvalue weighted by Gasteiger charge is 2.64. The molecule has 1 aromatic rings. The fourth-order valence-electron chi connectivity index (χ4n) is 3.07. The Bertz CT molecular complexity index is 637. The number of nitrogens with two attached hydrogens (primary N) is 1. The summed E-state index contributed by atoms with van der Waals surface area (Å²) in [5, 5.41) is 3.28. The van der Waals surface area contributed by atoms with Crippen molar-refractivity contribution in [1.29, 1.82) is 0 Å². The second-order valence-corrected chi connectivity index (χ2v) is 8.69. The molecule has 4 N–H and O–H groups in total. The van der Waals surface area contributed by atoms with E-state index in [4.69, 9.17) is 5.73 Å². The molecule has 2 rings (SSSR count). The third kappa shape index (κ3) is 2.62. The average Bonchev–Trinajstić information content (AvgIpc) is 2.78. The summed E-state index contributed by atoms with van der Waals surface area (Å²) >= 11 is 0. The summed E-state index contributed by atoms with van der Waals surface area (Å²) in [6, 6.07) is 4.92. The number of hydrogen-bond donors (Lipinski definition) is 3. The lowest BCUT2D eigenvalue weighted by molar-refractivity contribution is 0.457. The highest BCUT2D eigenvalue weighted by molar-refractivity contribution is 7.89. The smallest absolute Gasteiger partial charge is 0.242 e. The van der Waals surface area contributed by atoms with Gasteiger partial charge in [0.05, 0.1) is 5.69 Å². The van der Waals surface area contributed by atoms with Crippen molar-refractivity contribution in [3.8, 4) is 0 Å². The molecule has 0 radical (unpaired) electrons. The molecule has 5 nitrogen and oxygen atoms in total. The molecule has 0 aliphatic heterocycles. The molecule has 0 amide bonds. The van der Waals surface area contributed by atoms with Crippen LogP contribution in [0.1, 0.15) is 27.7 Å². The first-order valence-electron chi connectivity index (χ1n) is 7.11.